The van der Waals surface area contributed by atoms with E-state index in [0.29, 0.717) is 22.8 Å². The summed E-state index contributed by atoms with van der Waals surface area (Å²) >= 11 is 5.92. The molecule has 1 atom stereocenters. The zero-order valence-electron chi connectivity index (χ0n) is 11.1. The average molecular weight is 287 g/mol. The summed E-state index contributed by atoms with van der Waals surface area (Å²) in [5, 5.41) is 22.9. The fourth-order valence-electron chi connectivity index (χ4n) is 2.04. The number of nitriles is 1. The molecule has 0 aliphatic carbocycles. The zero-order chi connectivity index (χ0) is 14.5. The van der Waals surface area contributed by atoms with E-state index in [1.54, 1.807) is 18.2 Å². The second kappa shape index (κ2) is 6.42. The summed E-state index contributed by atoms with van der Waals surface area (Å²) in [5.41, 5.74) is 3.05. The zero-order valence-corrected chi connectivity index (χ0v) is 11.9. The van der Waals surface area contributed by atoms with Crippen LogP contribution in [0.4, 0.5) is 5.69 Å². The number of rotatable bonds is 4. The van der Waals surface area contributed by atoms with Crippen molar-refractivity contribution in [1.82, 2.24) is 0 Å². The maximum Gasteiger partial charge on any atom is 0.101 e. The van der Waals surface area contributed by atoms with E-state index in [1.807, 2.05) is 31.2 Å². The van der Waals surface area contributed by atoms with E-state index in [4.69, 9.17) is 16.9 Å². The summed E-state index contributed by atoms with van der Waals surface area (Å²) in [4.78, 5) is 0. The summed E-state index contributed by atoms with van der Waals surface area (Å²) in [7, 11) is 0. The highest BCUT2D eigenvalue weighted by Gasteiger charge is 2.11. The SMILES string of the molecule is Cc1ccccc1C(O)CNc1cc(Cl)ccc1C#N. The Morgan fingerprint density at radius 3 is 2.75 bits per heavy atom. The lowest BCUT2D eigenvalue weighted by atomic mass is 10.0. The lowest BCUT2D eigenvalue weighted by Gasteiger charge is -2.16. The molecule has 2 aromatic carbocycles. The number of nitrogens with one attached hydrogen (secondary N) is 1. The molecule has 0 saturated carbocycles. The van der Waals surface area contributed by atoms with Crippen molar-refractivity contribution in [3.63, 3.8) is 0 Å². The second-order valence-electron chi connectivity index (χ2n) is 4.55. The summed E-state index contributed by atoms with van der Waals surface area (Å²) in [6.07, 6.45) is -0.637. The van der Waals surface area contributed by atoms with E-state index in [2.05, 4.69) is 11.4 Å². The van der Waals surface area contributed by atoms with Crippen molar-refractivity contribution in [3.05, 3.63) is 64.2 Å². The molecule has 102 valence electrons. The Morgan fingerprint density at radius 2 is 2.05 bits per heavy atom. The minimum absolute atomic E-state index is 0.319. The van der Waals surface area contributed by atoms with E-state index in [-0.39, 0.29) is 0 Å². The first-order chi connectivity index (χ1) is 9.61. The number of benzene rings is 2. The Hall–Kier alpha value is -2.02. The van der Waals surface area contributed by atoms with Gasteiger partial charge in [0.1, 0.15) is 6.07 Å². The molecule has 0 bridgehead atoms. The van der Waals surface area contributed by atoms with Gasteiger partial charge in [-0.3, -0.25) is 0 Å². The van der Waals surface area contributed by atoms with Crippen molar-refractivity contribution in [2.24, 2.45) is 0 Å². The summed E-state index contributed by atoms with van der Waals surface area (Å²) in [6, 6.07) is 14.8. The highest BCUT2D eigenvalue weighted by atomic mass is 35.5. The molecule has 0 heterocycles. The van der Waals surface area contributed by atoms with E-state index >= 15 is 0 Å². The number of aliphatic hydroxyl groups excluding tert-OH is 1. The van der Waals surface area contributed by atoms with Gasteiger partial charge in [0.2, 0.25) is 0 Å². The van der Waals surface area contributed by atoms with Crippen molar-refractivity contribution >= 4 is 17.3 Å². The van der Waals surface area contributed by atoms with Crippen molar-refractivity contribution in [3.8, 4) is 6.07 Å². The first-order valence-electron chi connectivity index (χ1n) is 6.29. The molecule has 1 unspecified atom stereocenters. The molecule has 0 aliphatic heterocycles. The first kappa shape index (κ1) is 14.4. The highest BCUT2D eigenvalue weighted by molar-refractivity contribution is 6.30. The molecular weight excluding hydrogens is 272 g/mol. The van der Waals surface area contributed by atoms with Crippen LogP contribution in [-0.4, -0.2) is 11.7 Å². The normalized spacial score (nSPS) is 11.7. The molecule has 2 rings (SSSR count). The van der Waals surface area contributed by atoms with Crippen LogP contribution in [0, 0.1) is 18.3 Å². The predicted molar refractivity (Wildman–Crippen MR) is 80.8 cm³/mol. The molecule has 0 fully saturated rings. The van der Waals surface area contributed by atoms with Gasteiger partial charge in [-0.15, -0.1) is 0 Å². The molecular formula is C16H15ClN2O. The van der Waals surface area contributed by atoms with Gasteiger partial charge in [-0.1, -0.05) is 35.9 Å². The summed E-state index contributed by atoms with van der Waals surface area (Å²) < 4.78 is 0. The largest absolute Gasteiger partial charge is 0.387 e. The van der Waals surface area contributed by atoms with E-state index in [9.17, 15) is 5.11 Å². The molecule has 0 amide bonds. The monoisotopic (exact) mass is 286 g/mol. The molecule has 0 saturated heterocycles. The van der Waals surface area contributed by atoms with E-state index in [0.717, 1.165) is 11.1 Å². The van der Waals surface area contributed by atoms with Crippen LogP contribution in [0.15, 0.2) is 42.5 Å². The van der Waals surface area contributed by atoms with Crippen molar-refractivity contribution in [1.29, 1.82) is 5.26 Å². The molecule has 3 nitrogen and oxygen atoms in total. The van der Waals surface area contributed by atoms with E-state index < -0.39 is 6.10 Å². The molecule has 2 N–H and O–H groups in total. The van der Waals surface area contributed by atoms with Crippen molar-refractivity contribution in [2.45, 2.75) is 13.0 Å². The number of nitrogens with zero attached hydrogens (tertiary/aromatic N) is 1. The standard InChI is InChI=1S/C16H15ClN2O/c1-11-4-2-3-5-14(11)16(20)10-19-15-8-13(17)7-6-12(15)9-18/h2-8,16,19-20H,10H2,1H3. The third-order valence-corrected chi connectivity index (χ3v) is 3.37. The van der Waals surface area contributed by atoms with Gasteiger partial charge in [0, 0.05) is 11.6 Å². The van der Waals surface area contributed by atoms with E-state index in [1.165, 1.54) is 0 Å². The van der Waals surface area contributed by atoms with Crippen molar-refractivity contribution in [2.75, 3.05) is 11.9 Å². The minimum Gasteiger partial charge on any atom is -0.387 e. The molecule has 2 aromatic rings. The molecule has 20 heavy (non-hydrogen) atoms. The predicted octanol–water partition coefficient (Wildman–Crippen LogP) is 3.67. The Morgan fingerprint density at radius 1 is 1.30 bits per heavy atom. The molecule has 0 aliphatic rings. The van der Waals surface area contributed by atoms with Gasteiger partial charge in [0.05, 0.1) is 17.4 Å². The maximum atomic E-state index is 10.2. The van der Waals surface area contributed by atoms with Crippen LogP contribution in [0.5, 0.6) is 0 Å². The fourth-order valence-corrected chi connectivity index (χ4v) is 2.21. The Labute approximate surface area is 123 Å². The molecule has 0 spiro atoms. The Bertz CT molecular complexity index is 649. The van der Waals surface area contributed by atoms with Gasteiger partial charge in [-0.25, -0.2) is 0 Å². The van der Waals surface area contributed by atoms with Crippen LogP contribution in [0.25, 0.3) is 0 Å². The van der Waals surface area contributed by atoms with Crippen LogP contribution < -0.4 is 5.32 Å². The van der Waals surface area contributed by atoms with Gasteiger partial charge in [-0.05, 0) is 36.2 Å². The topological polar surface area (TPSA) is 56.0 Å². The van der Waals surface area contributed by atoms with Crippen LogP contribution in [0.3, 0.4) is 0 Å². The molecule has 0 aromatic heterocycles. The number of aryl methyl sites for hydroxylation is 1. The minimum atomic E-state index is -0.637. The van der Waals surface area contributed by atoms with Crippen LogP contribution in [-0.2, 0) is 0 Å². The lowest BCUT2D eigenvalue weighted by molar-refractivity contribution is 0.191. The summed E-state index contributed by atoms with van der Waals surface area (Å²) in [6.45, 7) is 2.28. The second-order valence-corrected chi connectivity index (χ2v) is 4.99. The van der Waals surface area contributed by atoms with Gasteiger partial charge in [0.25, 0.3) is 0 Å². The third kappa shape index (κ3) is 3.30. The number of hydrogen-bond donors (Lipinski definition) is 2. The van der Waals surface area contributed by atoms with Crippen molar-refractivity contribution < 1.29 is 5.11 Å². The third-order valence-electron chi connectivity index (χ3n) is 3.14. The number of halogens is 1. The average Bonchev–Trinajstić information content (AvgIpc) is 2.45. The number of hydrogen-bond acceptors (Lipinski definition) is 3. The smallest absolute Gasteiger partial charge is 0.101 e. The molecule has 4 heteroatoms. The lowest BCUT2D eigenvalue weighted by Crippen LogP contribution is -2.13. The number of aliphatic hydroxyl groups is 1. The van der Waals surface area contributed by atoms with Crippen LogP contribution in [0.2, 0.25) is 5.02 Å². The Kier molecular flexibility index (Phi) is 4.62. The van der Waals surface area contributed by atoms with Gasteiger partial charge in [0.15, 0.2) is 0 Å². The van der Waals surface area contributed by atoms with Gasteiger partial charge < -0.3 is 10.4 Å². The Balaban J connectivity index is 2.11. The van der Waals surface area contributed by atoms with Gasteiger partial charge in [-0.2, -0.15) is 5.26 Å². The quantitative estimate of drug-likeness (QED) is 0.902. The molecule has 0 radical (unpaired) electrons. The van der Waals surface area contributed by atoms with Gasteiger partial charge >= 0.3 is 0 Å². The van der Waals surface area contributed by atoms with Crippen LogP contribution >= 0.6 is 11.6 Å². The maximum absolute atomic E-state index is 10.2. The van der Waals surface area contributed by atoms with Crippen LogP contribution in [0.1, 0.15) is 22.8 Å². The number of anilines is 1. The summed E-state index contributed by atoms with van der Waals surface area (Å²) in [5.74, 6) is 0. The fraction of sp³-hybridized carbons (Fsp3) is 0.188. The highest BCUT2D eigenvalue weighted by Crippen LogP contribution is 2.22. The first-order valence-corrected chi connectivity index (χ1v) is 6.66.